The molecule has 4 rings (SSSR count). The first-order chi connectivity index (χ1) is 13.7. The van der Waals surface area contributed by atoms with Crippen LogP contribution in [0.15, 0.2) is 56.2 Å². The van der Waals surface area contributed by atoms with Crippen LogP contribution in [-0.4, -0.2) is 21.0 Å². The third-order valence-corrected chi connectivity index (χ3v) is 5.88. The highest BCUT2D eigenvalue weighted by Crippen LogP contribution is 2.22. The molecule has 28 heavy (non-hydrogen) atoms. The molecule has 0 radical (unpaired) electrons. The smallest absolute Gasteiger partial charge is 0.248 e. The molecule has 4 aromatic heterocycles. The van der Waals surface area contributed by atoms with Crippen molar-refractivity contribution in [3.05, 3.63) is 68.8 Å². The molecule has 0 N–H and O–H groups in total. The summed E-state index contributed by atoms with van der Waals surface area (Å²) in [6.07, 6.45) is 2.34. The van der Waals surface area contributed by atoms with Gasteiger partial charge in [-0.1, -0.05) is 0 Å². The van der Waals surface area contributed by atoms with E-state index in [1.165, 1.54) is 4.88 Å². The number of carbonyl (C=O) groups is 1. The zero-order valence-electron chi connectivity index (χ0n) is 15.3. The Morgan fingerprint density at radius 3 is 2.82 bits per heavy atom. The van der Waals surface area contributed by atoms with Gasteiger partial charge in [-0.2, -0.15) is 11.3 Å². The van der Waals surface area contributed by atoms with Gasteiger partial charge in [-0.25, -0.2) is 0 Å². The predicted octanol–water partition coefficient (Wildman–Crippen LogP) is 4.92. The fourth-order valence-electron chi connectivity index (χ4n) is 2.81. The summed E-state index contributed by atoms with van der Waals surface area (Å²) in [7, 11) is 0. The van der Waals surface area contributed by atoms with E-state index in [-0.39, 0.29) is 5.91 Å². The highest BCUT2D eigenvalue weighted by Gasteiger charge is 2.18. The lowest BCUT2D eigenvalue weighted by molar-refractivity contribution is -0.132. The average Bonchev–Trinajstić information content (AvgIpc) is 3.46. The molecule has 8 heteroatoms. The van der Waals surface area contributed by atoms with Crippen LogP contribution in [0.25, 0.3) is 11.5 Å². The molecule has 0 bridgehead atoms. The lowest BCUT2D eigenvalue weighted by Gasteiger charge is -2.21. The summed E-state index contributed by atoms with van der Waals surface area (Å²) in [5, 5.41) is 12.0. The van der Waals surface area contributed by atoms with Crippen LogP contribution in [0.2, 0.25) is 0 Å². The Bertz CT molecular complexity index is 1020. The molecule has 0 saturated carbocycles. The Kier molecular flexibility index (Phi) is 5.68. The minimum atomic E-state index is 0.0257. The number of aryl methyl sites for hydroxylation is 2. The number of amides is 1. The molecular weight excluding hydrogens is 394 g/mol. The first-order valence-electron chi connectivity index (χ1n) is 8.88. The molecule has 4 aromatic rings. The second-order valence-electron chi connectivity index (χ2n) is 6.35. The van der Waals surface area contributed by atoms with E-state index in [0.29, 0.717) is 37.7 Å². The van der Waals surface area contributed by atoms with Crippen LogP contribution >= 0.6 is 22.7 Å². The van der Waals surface area contributed by atoms with Crippen molar-refractivity contribution in [2.75, 3.05) is 0 Å². The SMILES string of the molecule is Cc1ccc(CN(Cc2ccco2)C(=O)CCc2nnc(-c3ccsc3)o2)s1. The summed E-state index contributed by atoms with van der Waals surface area (Å²) < 4.78 is 11.1. The van der Waals surface area contributed by atoms with E-state index in [4.69, 9.17) is 8.83 Å². The minimum Gasteiger partial charge on any atom is -0.467 e. The Morgan fingerprint density at radius 1 is 1.18 bits per heavy atom. The number of carbonyl (C=O) groups excluding carboxylic acids is 1. The standard InChI is InChI=1S/C20H19N3O3S2/c1-14-4-5-17(28-14)12-23(11-16-3-2-9-25-16)19(24)7-6-18-21-22-20(26-18)15-8-10-27-13-15/h2-5,8-10,13H,6-7,11-12H2,1H3. The highest BCUT2D eigenvalue weighted by molar-refractivity contribution is 7.11. The number of hydrogen-bond donors (Lipinski definition) is 0. The summed E-state index contributed by atoms with van der Waals surface area (Å²) in [5.41, 5.74) is 0.905. The first kappa shape index (κ1) is 18.6. The van der Waals surface area contributed by atoms with Gasteiger partial charge >= 0.3 is 0 Å². The van der Waals surface area contributed by atoms with E-state index in [9.17, 15) is 4.79 Å². The van der Waals surface area contributed by atoms with Crippen LogP contribution in [0.5, 0.6) is 0 Å². The lowest BCUT2D eigenvalue weighted by Crippen LogP contribution is -2.29. The summed E-state index contributed by atoms with van der Waals surface area (Å²) in [6, 6.07) is 9.78. The molecule has 1 amide bonds. The molecule has 0 spiro atoms. The van der Waals surface area contributed by atoms with Gasteiger partial charge in [-0.3, -0.25) is 4.79 Å². The lowest BCUT2D eigenvalue weighted by atomic mass is 10.2. The maximum Gasteiger partial charge on any atom is 0.248 e. The largest absolute Gasteiger partial charge is 0.467 e. The summed E-state index contributed by atoms with van der Waals surface area (Å²) in [4.78, 5) is 17.1. The summed E-state index contributed by atoms with van der Waals surface area (Å²) in [5.74, 6) is 1.75. The van der Waals surface area contributed by atoms with E-state index < -0.39 is 0 Å². The van der Waals surface area contributed by atoms with Crippen molar-refractivity contribution in [1.29, 1.82) is 0 Å². The van der Waals surface area contributed by atoms with Crippen molar-refractivity contribution in [2.45, 2.75) is 32.9 Å². The Balaban J connectivity index is 1.41. The number of aromatic nitrogens is 2. The van der Waals surface area contributed by atoms with E-state index in [0.717, 1.165) is 16.2 Å². The van der Waals surface area contributed by atoms with Crippen molar-refractivity contribution in [1.82, 2.24) is 15.1 Å². The number of nitrogens with zero attached hydrogens (tertiary/aromatic N) is 3. The molecule has 6 nitrogen and oxygen atoms in total. The molecule has 0 aliphatic heterocycles. The highest BCUT2D eigenvalue weighted by atomic mass is 32.1. The maximum absolute atomic E-state index is 12.9. The average molecular weight is 414 g/mol. The maximum atomic E-state index is 12.9. The normalized spacial score (nSPS) is 11.0. The van der Waals surface area contributed by atoms with E-state index >= 15 is 0 Å². The van der Waals surface area contributed by atoms with Crippen molar-refractivity contribution in [3.8, 4) is 11.5 Å². The van der Waals surface area contributed by atoms with Crippen LogP contribution in [0.1, 0.15) is 27.8 Å². The van der Waals surface area contributed by atoms with E-state index in [1.807, 2.05) is 29.0 Å². The van der Waals surface area contributed by atoms with Gasteiger partial charge in [0.25, 0.3) is 0 Å². The summed E-state index contributed by atoms with van der Waals surface area (Å²) in [6.45, 7) is 3.06. The zero-order chi connectivity index (χ0) is 19.3. The molecule has 0 saturated heterocycles. The van der Waals surface area contributed by atoms with E-state index in [2.05, 4.69) is 29.3 Å². The van der Waals surface area contributed by atoms with Gasteiger partial charge in [0, 0.05) is 33.5 Å². The first-order valence-corrected chi connectivity index (χ1v) is 10.6. The molecular formula is C20H19N3O3S2. The number of thiophene rings is 2. The molecule has 0 aliphatic rings. The molecule has 0 aromatic carbocycles. The van der Waals surface area contributed by atoms with E-state index in [1.54, 1.807) is 33.8 Å². The second-order valence-corrected chi connectivity index (χ2v) is 8.51. The Hall–Kier alpha value is -2.71. The number of rotatable bonds is 8. The molecule has 4 heterocycles. The predicted molar refractivity (Wildman–Crippen MR) is 108 cm³/mol. The van der Waals surface area contributed by atoms with Crippen LogP contribution < -0.4 is 0 Å². The van der Waals surface area contributed by atoms with Crippen molar-refractivity contribution < 1.29 is 13.6 Å². The van der Waals surface area contributed by atoms with Gasteiger partial charge in [0.05, 0.1) is 19.4 Å². The second kappa shape index (κ2) is 8.53. The fraction of sp³-hybridized carbons (Fsp3) is 0.250. The Morgan fingerprint density at radius 2 is 2.11 bits per heavy atom. The third kappa shape index (κ3) is 4.58. The van der Waals surface area contributed by atoms with Gasteiger partial charge < -0.3 is 13.7 Å². The quantitative estimate of drug-likeness (QED) is 0.410. The molecule has 0 atom stereocenters. The molecule has 0 fully saturated rings. The minimum absolute atomic E-state index is 0.0257. The van der Waals surface area contributed by atoms with Crippen molar-refractivity contribution in [2.24, 2.45) is 0 Å². The molecule has 144 valence electrons. The van der Waals surface area contributed by atoms with Crippen LogP contribution in [0.3, 0.4) is 0 Å². The molecule has 0 aliphatic carbocycles. The van der Waals surface area contributed by atoms with Gasteiger partial charge in [-0.05, 0) is 42.6 Å². The third-order valence-electron chi connectivity index (χ3n) is 4.21. The number of hydrogen-bond acceptors (Lipinski definition) is 7. The topological polar surface area (TPSA) is 72.4 Å². The van der Waals surface area contributed by atoms with Crippen LogP contribution in [0.4, 0.5) is 0 Å². The Labute approximate surface area is 170 Å². The fourth-order valence-corrected chi connectivity index (χ4v) is 4.35. The van der Waals surface area contributed by atoms with Gasteiger partial charge in [0.15, 0.2) is 0 Å². The van der Waals surface area contributed by atoms with Crippen molar-refractivity contribution in [3.63, 3.8) is 0 Å². The van der Waals surface area contributed by atoms with Gasteiger partial charge in [0.1, 0.15) is 5.76 Å². The van der Waals surface area contributed by atoms with Gasteiger partial charge in [-0.15, -0.1) is 21.5 Å². The zero-order valence-corrected chi connectivity index (χ0v) is 17.0. The van der Waals surface area contributed by atoms with Gasteiger partial charge in [0.2, 0.25) is 17.7 Å². The number of furan rings is 1. The monoisotopic (exact) mass is 413 g/mol. The van der Waals surface area contributed by atoms with Crippen LogP contribution in [0, 0.1) is 6.92 Å². The van der Waals surface area contributed by atoms with Crippen molar-refractivity contribution >= 4 is 28.6 Å². The summed E-state index contributed by atoms with van der Waals surface area (Å²) >= 11 is 3.27. The van der Waals surface area contributed by atoms with Crippen LogP contribution in [-0.2, 0) is 24.3 Å². The molecule has 0 unspecified atom stereocenters.